The van der Waals surface area contributed by atoms with Crippen molar-refractivity contribution in [2.45, 2.75) is 64.4 Å². The Bertz CT molecular complexity index is 533. The number of amides is 2. The number of aromatic nitrogens is 4. The Morgan fingerprint density at radius 3 is 2.41 bits per heavy atom. The number of hydrogen-bond acceptors (Lipinski definition) is 6. The van der Waals surface area contributed by atoms with Crippen molar-refractivity contribution < 1.29 is 14.3 Å². The van der Waals surface area contributed by atoms with Crippen LogP contribution in [-0.4, -0.2) is 52.6 Å². The first-order chi connectivity index (χ1) is 13.2. The van der Waals surface area contributed by atoms with E-state index < -0.39 is 11.8 Å². The fourth-order valence-corrected chi connectivity index (χ4v) is 2.42. The molecule has 0 saturated carbocycles. The molecule has 1 heterocycles. The van der Waals surface area contributed by atoms with E-state index in [4.69, 9.17) is 4.74 Å². The molecule has 0 atom stereocenters. The number of unbranched alkanes of at least 4 members (excludes halogenated alkanes) is 7. The maximum Gasteiger partial charge on any atom is 0.309 e. The first-order valence-electron chi connectivity index (χ1n) is 9.69. The van der Waals surface area contributed by atoms with E-state index in [1.54, 1.807) is 0 Å². The van der Waals surface area contributed by atoms with Gasteiger partial charge in [-0.15, -0.1) is 5.10 Å². The molecule has 0 aliphatic heterocycles. The van der Waals surface area contributed by atoms with Gasteiger partial charge in [0.05, 0.1) is 0 Å². The molecule has 1 aromatic rings. The van der Waals surface area contributed by atoms with Crippen LogP contribution in [0.1, 0.15) is 63.6 Å². The van der Waals surface area contributed by atoms with E-state index in [1.165, 1.54) is 32.7 Å². The monoisotopic (exact) mass is 380 g/mol. The number of aromatic amines is 1. The van der Waals surface area contributed by atoms with Gasteiger partial charge in [-0.05, 0) is 49.0 Å². The lowest BCUT2D eigenvalue weighted by Gasteiger charge is -2.03. The van der Waals surface area contributed by atoms with Crippen LogP contribution in [0, 0.1) is 0 Å². The molecular formula is C18H32N6O3. The molecule has 1 rings (SSSR count). The van der Waals surface area contributed by atoms with Crippen LogP contribution in [0.5, 0.6) is 0 Å². The van der Waals surface area contributed by atoms with E-state index >= 15 is 0 Å². The summed E-state index contributed by atoms with van der Waals surface area (Å²) in [5, 5.41) is 18.3. The highest BCUT2D eigenvalue weighted by molar-refractivity contribution is 6.34. The van der Waals surface area contributed by atoms with Crippen LogP contribution in [0.4, 0.5) is 0 Å². The SMILES string of the molecule is CNC(=O)C(=O)NCCCC/C=C\CCCCCCCOCc1nnn[nH]1. The number of ether oxygens (including phenoxy) is 1. The molecule has 0 saturated heterocycles. The minimum Gasteiger partial charge on any atom is -0.373 e. The first-order valence-corrected chi connectivity index (χ1v) is 9.69. The van der Waals surface area contributed by atoms with Crippen molar-refractivity contribution in [3.05, 3.63) is 18.0 Å². The van der Waals surface area contributed by atoms with E-state index in [-0.39, 0.29) is 0 Å². The van der Waals surface area contributed by atoms with Crippen molar-refractivity contribution in [2.75, 3.05) is 20.2 Å². The van der Waals surface area contributed by atoms with Gasteiger partial charge in [-0.25, -0.2) is 5.10 Å². The Morgan fingerprint density at radius 1 is 1.00 bits per heavy atom. The van der Waals surface area contributed by atoms with Gasteiger partial charge in [0.2, 0.25) is 0 Å². The minimum absolute atomic E-state index is 0.443. The van der Waals surface area contributed by atoms with Crippen molar-refractivity contribution in [2.24, 2.45) is 0 Å². The van der Waals surface area contributed by atoms with Crippen LogP contribution in [-0.2, 0) is 20.9 Å². The van der Waals surface area contributed by atoms with Crippen molar-refractivity contribution in [3.8, 4) is 0 Å². The summed E-state index contributed by atoms with van der Waals surface area (Å²) in [5.41, 5.74) is 0. The van der Waals surface area contributed by atoms with E-state index in [0.717, 1.165) is 38.7 Å². The molecule has 3 N–H and O–H groups in total. The second kappa shape index (κ2) is 15.9. The maximum absolute atomic E-state index is 11.2. The highest BCUT2D eigenvalue weighted by Crippen LogP contribution is 2.07. The zero-order valence-corrected chi connectivity index (χ0v) is 16.2. The third-order valence-electron chi connectivity index (χ3n) is 3.97. The predicted molar refractivity (Wildman–Crippen MR) is 102 cm³/mol. The lowest BCUT2D eigenvalue weighted by Crippen LogP contribution is -2.38. The Morgan fingerprint density at radius 2 is 1.70 bits per heavy atom. The molecule has 0 aliphatic rings. The third kappa shape index (κ3) is 12.7. The molecule has 9 heteroatoms. The van der Waals surface area contributed by atoms with Gasteiger partial charge >= 0.3 is 11.8 Å². The standard InChI is InChI=1S/C18H32N6O3/c1-19-17(25)18(26)20-13-11-9-7-5-3-2-4-6-8-10-12-14-27-15-16-21-23-24-22-16/h3,5H,2,4,6-15H2,1H3,(H,19,25)(H,20,26)(H,21,22,23,24)/b5-3-. The van der Waals surface area contributed by atoms with Gasteiger partial charge in [0.15, 0.2) is 5.82 Å². The molecular weight excluding hydrogens is 348 g/mol. The summed E-state index contributed by atoms with van der Waals surface area (Å²) in [6, 6.07) is 0. The number of tetrazole rings is 1. The smallest absolute Gasteiger partial charge is 0.309 e. The summed E-state index contributed by atoms with van der Waals surface area (Å²) in [5.74, 6) is -0.492. The van der Waals surface area contributed by atoms with Crippen LogP contribution >= 0.6 is 0 Å². The molecule has 0 unspecified atom stereocenters. The fourth-order valence-electron chi connectivity index (χ4n) is 2.42. The molecule has 0 spiro atoms. The van der Waals surface area contributed by atoms with Gasteiger partial charge in [0.25, 0.3) is 0 Å². The number of likely N-dealkylation sites (N-methyl/N-ethyl adjacent to an activating group) is 1. The summed E-state index contributed by atoms with van der Waals surface area (Å²) >= 11 is 0. The van der Waals surface area contributed by atoms with Gasteiger partial charge in [0, 0.05) is 20.2 Å². The van der Waals surface area contributed by atoms with Gasteiger partial charge in [0.1, 0.15) is 6.61 Å². The zero-order chi connectivity index (χ0) is 19.6. The largest absolute Gasteiger partial charge is 0.373 e. The molecule has 152 valence electrons. The first kappa shape index (κ1) is 22.8. The lowest BCUT2D eigenvalue weighted by molar-refractivity contribution is -0.138. The van der Waals surface area contributed by atoms with Crippen LogP contribution < -0.4 is 10.6 Å². The number of nitrogens with one attached hydrogen (secondary N) is 3. The topological polar surface area (TPSA) is 122 Å². The van der Waals surface area contributed by atoms with Crippen LogP contribution in [0.2, 0.25) is 0 Å². The normalized spacial score (nSPS) is 11.0. The quantitative estimate of drug-likeness (QED) is 0.242. The Balaban J connectivity index is 1.77. The average Bonchev–Trinajstić information content (AvgIpc) is 3.20. The van der Waals surface area contributed by atoms with E-state index in [9.17, 15) is 9.59 Å². The molecule has 9 nitrogen and oxygen atoms in total. The summed E-state index contributed by atoms with van der Waals surface area (Å²) in [7, 11) is 1.45. The average molecular weight is 380 g/mol. The van der Waals surface area contributed by atoms with E-state index in [1.807, 2.05) is 0 Å². The molecule has 0 radical (unpaired) electrons. The second-order valence-electron chi connectivity index (χ2n) is 6.26. The van der Waals surface area contributed by atoms with Crippen molar-refractivity contribution >= 4 is 11.8 Å². The minimum atomic E-state index is -0.591. The number of carbonyl (C=O) groups is 2. The van der Waals surface area contributed by atoms with Gasteiger partial charge in [-0.1, -0.05) is 31.4 Å². The molecule has 0 aromatic carbocycles. The summed E-state index contributed by atoms with van der Waals surface area (Å²) in [6.07, 6.45) is 14.4. The van der Waals surface area contributed by atoms with Crippen LogP contribution in [0.3, 0.4) is 0 Å². The van der Waals surface area contributed by atoms with Crippen LogP contribution in [0.15, 0.2) is 12.2 Å². The lowest BCUT2D eigenvalue weighted by atomic mass is 10.1. The maximum atomic E-state index is 11.2. The molecule has 2 amide bonds. The van der Waals surface area contributed by atoms with Gasteiger partial charge in [-0.3, -0.25) is 9.59 Å². The number of carbonyl (C=O) groups excluding carboxylic acids is 2. The molecule has 0 aliphatic carbocycles. The van der Waals surface area contributed by atoms with Crippen molar-refractivity contribution in [3.63, 3.8) is 0 Å². The second-order valence-corrected chi connectivity index (χ2v) is 6.26. The molecule has 27 heavy (non-hydrogen) atoms. The molecule has 1 aromatic heterocycles. The fraction of sp³-hybridized carbons (Fsp3) is 0.722. The third-order valence-corrected chi connectivity index (χ3v) is 3.97. The van der Waals surface area contributed by atoms with E-state index in [0.29, 0.717) is 19.0 Å². The molecule has 0 fully saturated rings. The number of nitrogens with zero attached hydrogens (tertiary/aromatic N) is 3. The number of H-pyrrole nitrogens is 1. The van der Waals surface area contributed by atoms with Crippen LogP contribution in [0.25, 0.3) is 0 Å². The number of allylic oxidation sites excluding steroid dienone is 2. The number of hydrogen-bond donors (Lipinski definition) is 3. The summed E-state index contributed by atoms with van der Waals surface area (Å²) in [4.78, 5) is 22.2. The Labute approximate surface area is 160 Å². The van der Waals surface area contributed by atoms with Gasteiger partial charge < -0.3 is 15.4 Å². The van der Waals surface area contributed by atoms with Crippen molar-refractivity contribution in [1.82, 2.24) is 31.3 Å². The summed E-state index contributed by atoms with van der Waals surface area (Å²) < 4.78 is 5.48. The van der Waals surface area contributed by atoms with Gasteiger partial charge in [-0.2, -0.15) is 0 Å². The highest BCUT2D eigenvalue weighted by Gasteiger charge is 2.08. The predicted octanol–water partition coefficient (Wildman–Crippen LogP) is 1.65. The summed E-state index contributed by atoms with van der Waals surface area (Å²) in [6.45, 7) is 1.72. The zero-order valence-electron chi connectivity index (χ0n) is 16.2. The highest BCUT2D eigenvalue weighted by atomic mass is 16.5. The number of rotatable bonds is 15. The molecule has 0 bridgehead atoms. The van der Waals surface area contributed by atoms with E-state index in [2.05, 4.69) is 43.4 Å². The Hall–Kier alpha value is -2.29. The Kier molecular flexibility index (Phi) is 13.4. The van der Waals surface area contributed by atoms with Crippen molar-refractivity contribution in [1.29, 1.82) is 0 Å².